The predicted octanol–water partition coefficient (Wildman–Crippen LogP) is 3.17. The van der Waals surface area contributed by atoms with Gasteiger partial charge in [0.1, 0.15) is 0 Å². The summed E-state index contributed by atoms with van der Waals surface area (Å²) in [5.41, 5.74) is 0.401. The molecule has 1 aromatic carbocycles. The van der Waals surface area contributed by atoms with Gasteiger partial charge in [-0.1, -0.05) is 32.3 Å². The summed E-state index contributed by atoms with van der Waals surface area (Å²) < 4.78 is 26.7. The maximum Gasteiger partial charge on any atom is 0.251 e. The van der Waals surface area contributed by atoms with Gasteiger partial charge in [0.05, 0.1) is 4.90 Å². The molecular weight excluding hydrogens is 324 g/mol. The fraction of sp³-hybridized carbons (Fsp3) is 0.611. The van der Waals surface area contributed by atoms with E-state index in [1.165, 1.54) is 10.4 Å². The van der Waals surface area contributed by atoms with Crippen LogP contribution in [0.5, 0.6) is 0 Å². The largest absolute Gasteiger partial charge is 0.350 e. The van der Waals surface area contributed by atoms with Gasteiger partial charge in [0.15, 0.2) is 0 Å². The average Bonchev–Trinajstić information content (AvgIpc) is 3.10. The van der Waals surface area contributed by atoms with Crippen molar-refractivity contribution in [3.8, 4) is 0 Å². The van der Waals surface area contributed by atoms with Crippen LogP contribution in [0, 0.1) is 0 Å². The summed E-state index contributed by atoms with van der Waals surface area (Å²) in [6.07, 6.45) is 6.12. The number of hydrogen-bond acceptors (Lipinski definition) is 3. The maximum absolute atomic E-state index is 12.6. The SMILES string of the molecule is CCCCCC(C)NC(=O)c1cccc(S(=O)(=O)N2CCCC2)c1. The van der Waals surface area contributed by atoms with Gasteiger partial charge in [-0.15, -0.1) is 0 Å². The molecule has 1 unspecified atom stereocenters. The lowest BCUT2D eigenvalue weighted by atomic mass is 10.1. The molecule has 6 heteroatoms. The Morgan fingerprint density at radius 3 is 2.62 bits per heavy atom. The van der Waals surface area contributed by atoms with Crippen LogP contribution in [-0.2, 0) is 10.0 Å². The zero-order valence-electron chi connectivity index (χ0n) is 14.6. The highest BCUT2D eigenvalue weighted by Crippen LogP contribution is 2.21. The molecule has 1 fully saturated rings. The molecule has 134 valence electrons. The fourth-order valence-electron chi connectivity index (χ4n) is 2.96. The van der Waals surface area contributed by atoms with Crippen molar-refractivity contribution in [1.29, 1.82) is 0 Å². The highest BCUT2D eigenvalue weighted by molar-refractivity contribution is 7.89. The van der Waals surface area contributed by atoms with Crippen LogP contribution in [0.3, 0.4) is 0 Å². The number of hydrogen-bond donors (Lipinski definition) is 1. The number of carbonyl (C=O) groups excluding carboxylic acids is 1. The van der Waals surface area contributed by atoms with E-state index in [9.17, 15) is 13.2 Å². The minimum Gasteiger partial charge on any atom is -0.350 e. The van der Waals surface area contributed by atoms with Crippen LogP contribution >= 0.6 is 0 Å². The van der Waals surface area contributed by atoms with E-state index in [4.69, 9.17) is 0 Å². The molecule has 1 heterocycles. The van der Waals surface area contributed by atoms with Crippen LogP contribution in [0.4, 0.5) is 0 Å². The van der Waals surface area contributed by atoms with Crippen molar-refractivity contribution in [1.82, 2.24) is 9.62 Å². The first-order valence-corrected chi connectivity index (χ1v) is 10.3. The van der Waals surface area contributed by atoms with Crippen LogP contribution in [0.15, 0.2) is 29.2 Å². The van der Waals surface area contributed by atoms with Gasteiger partial charge in [-0.3, -0.25) is 4.79 Å². The molecule has 1 aliphatic heterocycles. The summed E-state index contributed by atoms with van der Waals surface area (Å²) in [4.78, 5) is 12.6. The van der Waals surface area contributed by atoms with Crippen LogP contribution in [0.2, 0.25) is 0 Å². The van der Waals surface area contributed by atoms with Crippen molar-refractivity contribution >= 4 is 15.9 Å². The molecule has 0 aliphatic carbocycles. The first-order chi connectivity index (χ1) is 11.4. The molecule has 0 bridgehead atoms. The molecular formula is C18H28N2O3S. The van der Waals surface area contributed by atoms with Crippen molar-refractivity contribution in [2.45, 2.75) is 63.3 Å². The van der Waals surface area contributed by atoms with E-state index in [-0.39, 0.29) is 16.8 Å². The van der Waals surface area contributed by atoms with E-state index in [2.05, 4.69) is 12.2 Å². The molecule has 2 rings (SSSR count). The lowest BCUT2D eigenvalue weighted by Gasteiger charge is -2.17. The van der Waals surface area contributed by atoms with E-state index in [0.29, 0.717) is 18.7 Å². The quantitative estimate of drug-likeness (QED) is 0.731. The Kier molecular flexibility index (Phi) is 6.80. The number of amides is 1. The molecule has 24 heavy (non-hydrogen) atoms. The smallest absolute Gasteiger partial charge is 0.251 e. The lowest BCUT2D eigenvalue weighted by Crippen LogP contribution is -2.33. The third-order valence-electron chi connectivity index (χ3n) is 4.42. The Balaban J connectivity index is 2.05. The zero-order chi connectivity index (χ0) is 17.6. The zero-order valence-corrected chi connectivity index (χ0v) is 15.4. The van der Waals surface area contributed by atoms with E-state index in [1.807, 2.05) is 6.92 Å². The molecule has 0 saturated carbocycles. The molecule has 1 atom stereocenters. The summed E-state index contributed by atoms with van der Waals surface area (Å²) >= 11 is 0. The summed E-state index contributed by atoms with van der Waals surface area (Å²) in [5.74, 6) is -0.211. The van der Waals surface area contributed by atoms with Crippen LogP contribution in [-0.4, -0.2) is 37.8 Å². The average molecular weight is 353 g/mol. The van der Waals surface area contributed by atoms with Crippen molar-refractivity contribution in [3.63, 3.8) is 0 Å². The molecule has 0 aromatic heterocycles. The number of benzene rings is 1. The second-order valence-corrected chi connectivity index (χ2v) is 8.45. The Morgan fingerprint density at radius 2 is 1.96 bits per heavy atom. The Morgan fingerprint density at radius 1 is 1.25 bits per heavy atom. The van der Waals surface area contributed by atoms with Gasteiger partial charge in [0.25, 0.3) is 5.91 Å². The Labute approximate surface area is 145 Å². The minimum absolute atomic E-state index is 0.0860. The van der Waals surface area contributed by atoms with Crippen molar-refractivity contribution in [2.75, 3.05) is 13.1 Å². The van der Waals surface area contributed by atoms with E-state index in [1.54, 1.807) is 18.2 Å². The molecule has 0 radical (unpaired) electrons. The van der Waals surface area contributed by atoms with Gasteiger partial charge < -0.3 is 5.32 Å². The Hall–Kier alpha value is -1.40. The van der Waals surface area contributed by atoms with Gasteiger partial charge in [0, 0.05) is 24.7 Å². The number of unbranched alkanes of at least 4 members (excludes halogenated alkanes) is 2. The van der Waals surface area contributed by atoms with E-state index >= 15 is 0 Å². The second kappa shape index (κ2) is 8.62. The van der Waals surface area contributed by atoms with Crippen molar-refractivity contribution in [3.05, 3.63) is 29.8 Å². The predicted molar refractivity (Wildman–Crippen MR) is 95.5 cm³/mol. The summed E-state index contributed by atoms with van der Waals surface area (Å²) in [6.45, 7) is 5.26. The first kappa shape index (κ1) is 18.9. The third kappa shape index (κ3) is 4.80. The molecule has 1 amide bonds. The Bertz CT molecular complexity index is 652. The summed E-state index contributed by atoms with van der Waals surface area (Å²) in [7, 11) is -3.49. The summed E-state index contributed by atoms with van der Waals surface area (Å²) in [5, 5.41) is 2.96. The maximum atomic E-state index is 12.6. The topological polar surface area (TPSA) is 66.5 Å². The van der Waals surface area contributed by atoms with Crippen molar-refractivity contribution in [2.24, 2.45) is 0 Å². The second-order valence-electron chi connectivity index (χ2n) is 6.51. The monoisotopic (exact) mass is 352 g/mol. The van der Waals surface area contributed by atoms with Gasteiger partial charge in [-0.05, 0) is 44.4 Å². The minimum atomic E-state index is -3.49. The van der Waals surface area contributed by atoms with Crippen LogP contribution < -0.4 is 5.32 Å². The molecule has 1 aromatic rings. The third-order valence-corrected chi connectivity index (χ3v) is 6.31. The molecule has 1 saturated heterocycles. The number of sulfonamides is 1. The van der Waals surface area contributed by atoms with Crippen molar-refractivity contribution < 1.29 is 13.2 Å². The number of nitrogens with zero attached hydrogens (tertiary/aromatic N) is 1. The lowest BCUT2D eigenvalue weighted by molar-refractivity contribution is 0.0937. The molecule has 0 spiro atoms. The van der Waals surface area contributed by atoms with E-state index in [0.717, 1.165) is 38.5 Å². The van der Waals surface area contributed by atoms with Crippen LogP contribution in [0.1, 0.15) is 62.7 Å². The van der Waals surface area contributed by atoms with Gasteiger partial charge in [-0.25, -0.2) is 8.42 Å². The molecule has 5 nitrogen and oxygen atoms in total. The normalized spacial score (nSPS) is 16.9. The van der Waals surface area contributed by atoms with E-state index < -0.39 is 10.0 Å². The van der Waals surface area contributed by atoms with Gasteiger partial charge in [0.2, 0.25) is 10.0 Å². The number of rotatable bonds is 8. The fourth-order valence-corrected chi connectivity index (χ4v) is 4.52. The van der Waals surface area contributed by atoms with Gasteiger partial charge in [-0.2, -0.15) is 4.31 Å². The highest BCUT2D eigenvalue weighted by Gasteiger charge is 2.27. The first-order valence-electron chi connectivity index (χ1n) is 8.86. The highest BCUT2D eigenvalue weighted by atomic mass is 32.2. The number of nitrogens with one attached hydrogen (secondary N) is 1. The van der Waals surface area contributed by atoms with Gasteiger partial charge >= 0.3 is 0 Å². The van der Waals surface area contributed by atoms with Crippen LogP contribution in [0.25, 0.3) is 0 Å². The molecule has 1 aliphatic rings. The summed E-state index contributed by atoms with van der Waals surface area (Å²) in [6, 6.07) is 6.44. The standard InChI is InChI=1S/C18H28N2O3S/c1-3-4-5-9-15(2)19-18(21)16-10-8-11-17(14-16)24(22,23)20-12-6-7-13-20/h8,10-11,14-15H,3-7,9,12-13H2,1-2H3,(H,19,21). The molecule has 1 N–H and O–H groups in total. The number of carbonyl (C=O) groups is 1.